The molecular weight excluding hydrogens is 370 g/mol. The quantitative estimate of drug-likeness (QED) is 0.337. The van der Waals surface area contributed by atoms with Crippen molar-refractivity contribution in [1.29, 1.82) is 0 Å². The summed E-state index contributed by atoms with van der Waals surface area (Å²) in [5.41, 5.74) is 5.31. The fraction of sp³-hybridized carbons (Fsp3) is 0.217. The van der Waals surface area contributed by atoms with Crippen LogP contribution >= 0.6 is 11.6 Å². The average Bonchev–Trinajstić information content (AvgIpc) is 3.05. The van der Waals surface area contributed by atoms with Gasteiger partial charge in [0.1, 0.15) is 5.75 Å². The SMILES string of the molecule is CNCCCOc1cc(Nc2ccc(C)cc2)cc2c1[nH]c1ccc(Cl)cc12. The first-order chi connectivity index (χ1) is 13.6. The van der Waals surface area contributed by atoms with E-state index in [1.54, 1.807) is 0 Å². The summed E-state index contributed by atoms with van der Waals surface area (Å²) in [6, 6.07) is 18.5. The molecule has 0 aliphatic rings. The zero-order chi connectivity index (χ0) is 19.5. The number of hydrogen-bond donors (Lipinski definition) is 3. The van der Waals surface area contributed by atoms with Crippen LogP contribution in [-0.2, 0) is 0 Å². The van der Waals surface area contributed by atoms with Crippen molar-refractivity contribution in [3.8, 4) is 5.75 Å². The van der Waals surface area contributed by atoms with E-state index in [4.69, 9.17) is 16.3 Å². The number of aryl methyl sites for hydroxylation is 1. The minimum Gasteiger partial charge on any atom is -0.491 e. The highest BCUT2D eigenvalue weighted by atomic mass is 35.5. The number of nitrogens with one attached hydrogen (secondary N) is 3. The van der Waals surface area contributed by atoms with Crippen LogP contribution in [0.2, 0.25) is 5.02 Å². The van der Waals surface area contributed by atoms with Gasteiger partial charge in [-0.25, -0.2) is 0 Å². The predicted octanol–water partition coefficient (Wildman–Crippen LogP) is 6.01. The average molecular weight is 394 g/mol. The lowest BCUT2D eigenvalue weighted by molar-refractivity contribution is 0.313. The molecule has 144 valence electrons. The molecule has 0 saturated heterocycles. The minimum atomic E-state index is 0.653. The lowest BCUT2D eigenvalue weighted by atomic mass is 10.1. The Kier molecular flexibility index (Phi) is 5.42. The van der Waals surface area contributed by atoms with Crippen molar-refractivity contribution in [1.82, 2.24) is 10.3 Å². The van der Waals surface area contributed by atoms with Gasteiger partial charge in [0.05, 0.1) is 12.1 Å². The van der Waals surface area contributed by atoms with E-state index in [0.29, 0.717) is 6.61 Å². The number of H-pyrrole nitrogens is 1. The number of fused-ring (bicyclic) bond motifs is 3. The predicted molar refractivity (Wildman–Crippen MR) is 119 cm³/mol. The van der Waals surface area contributed by atoms with Crippen LogP contribution in [0.15, 0.2) is 54.6 Å². The molecule has 0 radical (unpaired) electrons. The molecule has 0 aliphatic carbocycles. The van der Waals surface area contributed by atoms with Crippen LogP contribution in [0.1, 0.15) is 12.0 Å². The van der Waals surface area contributed by atoms with Gasteiger partial charge in [0.15, 0.2) is 0 Å². The fourth-order valence-electron chi connectivity index (χ4n) is 3.36. The number of halogens is 1. The Labute approximate surface area is 169 Å². The van der Waals surface area contributed by atoms with E-state index in [9.17, 15) is 0 Å². The molecule has 5 heteroatoms. The first-order valence-electron chi connectivity index (χ1n) is 9.50. The molecule has 0 aliphatic heterocycles. The van der Waals surface area contributed by atoms with Crippen molar-refractivity contribution in [3.63, 3.8) is 0 Å². The van der Waals surface area contributed by atoms with Crippen LogP contribution in [0.3, 0.4) is 0 Å². The summed E-state index contributed by atoms with van der Waals surface area (Å²) >= 11 is 6.25. The van der Waals surface area contributed by atoms with Crippen LogP contribution < -0.4 is 15.4 Å². The maximum absolute atomic E-state index is 6.25. The second kappa shape index (κ2) is 8.13. The van der Waals surface area contributed by atoms with Gasteiger partial charge in [-0.05, 0) is 63.3 Å². The van der Waals surface area contributed by atoms with Crippen molar-refractivity contribution in [2.45, 2.75) is 13.3 Å². The molecule has 0 atom stereocenters. The van der Waals surface area contributed by atoms with Gasteiger partial charge in [-0.15, -0.1) is 0 Å². The Morgan fingerprint density at radius 1 is 0.964 bits per heavy atom. The summed E-state index contributed by atoms with van der Waals surface area (Å²) in [4.78, 5) is 3.49. The number of aromatic nitrogens is 1. The highest BCUT2D eigenvalue weighted by molar-refractivity contribution is 6.32. The van der Waals surface area contributed by atoms with Gasteiger partial charge in [0.2, 0.25) is 0 Å². The van der Waals surface area contributed by atoms with Crippen LogP contribution in [0.25, 0.3) is 21.8 Å². The molecule has 28 heavy (non-hydrogen) atoms. The van der Waals surface area contributed by atoms with Gasteiger partial charge >= 0.3 is 0 Å². The number of ether oxygens (including phenoxy) is 1. The molecule has 3 aromatic carbocycles. The summed E-state index contributed by atoms with van der Waals surface area (Å²) in [5.74, 6) is 0.843. The number of hydrogen-bond acceptors (Lipinski definition) is 3. The van der Waals surface area contributed by atoms with E-state index in [2.05, 4.69) is 58.9 Å². The number of benzene rings is 3. The maximum Gasteiger partial charge on any atom is 0.145 e. The van der Waals surface area contributed by atoms with Crippen LogP contribution in [0.4, 0.5) is 11.4 Å². The van der Waals surface area contributed by atoms with Gasteiger partial charge in [-0.2, -0.15) is 0 Å². The van der Waals surface area contributed by atoms with E-state index in [1.165, 1.54) is 5.56 Å². The lowest BCUT2D eigenvalue weighted by Crippen LogP contribution is -2.11. The Balaban J connectivity index is 1.76. The molecule has 0 unspecified atom stereocenters. The van der Waals surface area contributed by atoms with Crippen molar-refractivity contribution in [2.24, 2.45) is 0 Å². The highest BCUT2D eigenvalue weighted by Crippen LogP contribution is 2.37. The van der Waals surface area contributed by atoms with Crippen molar-refractivity contribution < 1.29 is 4.74 Å². The fourth-order valence-corrected chi connectivity index (χ4v) is 3.53. The standard InChI is InChI=1S/C23H24ClN3O/c1-15-4-7-17(8-5-15)26-18-13-20-19-12-16(24)6-9-21(19)27-23(20)22(14-18)28-11-3-10-25-2/h4-9,12-14,25-27H,3,10-11H2,1-2H3. The van der Waals surface area contributed by atoms with Crippen LogP contribution in [-0.4, -0.2) is 25.2 Å². The normalized spacial score (nSPS) is 11.2. The molecule has 4 aromatic rings. The topological polar surface area (TPSA) is 49.1 Å². The first kappa shape index (κ1) is 18.7. The van der Waals surface area contributed by atoms with E-state index >= 15 is 0 Å². The lowest BCUT2D eigenvalue weighted by Gasteiger charge is -2.12. The molecule has 4 rings (SSSR count). The molecule has 3 N–H and O–H groups in total. The number of rotatable bonds is 7. The van der Waals surface area contributed by atoms with Gasteiger partial charge in [0, 0.05) is 38.8 Å². The monoisotopic (exact) mass is 393 g/mol. The third kappa shape index (κ3) is 3.93. The molecule has 0 saturated carbocycles. The summed E-state index contributed by atoms with van der Waals surface area (Å²) in [7, 11) is 1.95. The van der Waals surface area contributed by atoms with Gasteiger partial charge in [0.25, 0.3) is 0 Å². The number of aromatic amines is 1. The zero-order valence-corrected chi connectivity index (χ0v) is 16.9. The molecule has 0 spiro atoms. The molecular formula is C23H24ClN3O. The third-order valence-electron chi connectivity index (χ3n) is 4.80. The zero-order valence-electron chi connectivity index (χ0n) is 16.1. The second-order valence-electron chi connectivity index (χ2n) is 7.01. The number of anilines is 2. The van der Waals surface area contributed by atoms with Crippen molar-refractivity contribution >= 4 is 44.8 Å². The Bertz CT molecular complexity index is 1100. The smallest absolute Gasteiger partial charge is 0.145 e. The summed E-state index contributed by atoms with van der Waals surface area (Å²) in [6.45, 7) is 3.66. The van der Waals surface area contributed by atoms with Crippen LogP contribution in [0, 0.1) is 6.92 Å². The summed E-state index contributed by atoms with van der Waals surface area (Å²) in [5, 5.41) is 9.56. The molecule has 0 fully saturated rings. The second-order valence-corrected chi connectivity index (χ2v) is 7.44. The van der Waals surface area contributed by atoms with Crippen LogP contribution in [0.5, 0.6) is 5.75 Å². The molecule has 0 bridgehead atoms. The Morgan fingerprint density at radius 2 is 1.79 bits per heavy atom. The van der Waals surface area contributed by atoms with Crippen molar-refractivity contribution in [3.05, 3.63) is 65.2 Å². The minimum absolute atomic E-state index is 0.653. The van der Waals surface area contributed by atoms with Gasteiger partial charge in [-0.1, -0.05) is 29.3 Å². The Morgan fingerprint density at radius 3 is 2.57 bits per heavy atom. The maximum atomic E-state index is 6.25. The van der Waals surface area contributed by atoms with E-state index < -0.39 is 0 Å². The molecule has 1 heterocycles. The molecule has 1 aromatic heterocycles. The molecule has 0 amide bonds. The largest absolute Gasteiger partial charge is 0.491 e. The summed E-state index contributed by atoms with van der Waals surface area (Å²) in [6.07, 6.45) is 0.944. The van der Waals surface area contributed by atoms with Gasteiger partial charge < -0.3 is 20.4 Å². The van der Waals surface area contributed by atoms with Crippen molar-refractivity contribution in [2.75, 3.05) is 25.5 Å². The van der Waals surface area contributed by atoms with Gasteiger partial charge in [-0.3, -0.25) is 0 Å². The van der Waals surface area contributed by atoms with E-state index in [-0.39, 0.29) is 0 Å². The summed E-state index contributed by atoms with van der Waals surface area (Å²) < 4.78 is 6.13. The third-order valence-corrected chi connectivity index (χ3v) is 5.04. The highest BCUT2D eigenvalue weighted by Gasteiger charge is 2.12. The first-order valence-corrected chi connectivity index (χ1v) is 9.88. The van der Waals surface area contributed by atoms with E-state index in [0.717, 1.165) is 56.9 Å². The Hall–Kier alpha value is -2.69. The van der Waals surface area contributed by atoms with E-state index in [1.807, 2.05) is 25.2 Å². The molecule has 4 nitrogen and oxygen atoms in total.